The maximum absolute atomic E-state index is 11.8. The highest BCUT2D eigenvalue weighted by molar-refractivity contribution is 6.31. The van der Waals surface area contributed by atoms with Crippen LogP contribution in [-0.4, -0.2) is 34.1 Å². The quantitative estimate of drug-likeness (QED) is 0.843. The van der Waals surface area contributed by atoms with Crippen LogP contribution >= 0.6 is 11.6 Å². The number of aromatic nitrogens is 2. The lowest BCUT2D eigenvalue weighted by atomic mass is 10.0. The van der Waals surface area contributed by atoms with Crippen LogP contribution in [-0.2, 0) is 6.54 Å². The van der Waals surface area contributed by atoms with Gasteiger partial charge in [0.05, 0.1) is 6.33 Å². The van der Waals surface area contributed by atoms with Crippen LogP contribution in [0.4, 0.5) is 5.69 Å². The van der Waals surface area contributed by atoms with Crippen LogP contribution in [0.5, 0.6) is 0 Å². The Balaban J connectivity index is 2.02. The predicted octanol–water partition coefficient (Wildman–Crippen LogP) is 1.35. The SMILES string of the molecule is CN1CCCCC1CCn1cnc(Cl)c(N)c1=O. The fraction of sp³-hybridized carbons (Fsp3) is 0.667. The zero-order valence-corrected chi connectivity index (χ0v) is 11.4. The van der Waals surface area contributed by atoms with Crippen molar-refractivity contribution < 1.29 is 0 Å². The first-order chi connectivity index (χ1) is 8.59. The number of nitrogen functional groups attached to an aromatic ring is 1. The molecule has 0 aromatic carbocycles. The molecule has 2 N–H and O–H groups in total. The predicted molar refractivity (Wildman–Crippen MR) is 72.8 cm³/mol. The van der Waals surface area contributed by atoms with Crippen LogP contribution in [0.3, 0.4) is 0 Å². The molecule has 1 fully saturated rings. The third kappa shape index (κ3) is 2.84. The Kier molecular flexibility index (Phi) is 4.24. The Labute approximate surface area is 112 Å². The summed E-state index contributed by atoms with van der Waals surface area (Å²) in [7, 11) is 2.14. The number of hydrogen-bond acceptors (Lipinski definition) is 4. The minimum Gasteiger partial charge on any atom is -0.392 e. The highest BCUT2D eigenvalue weighted by atomic mass is 35.5. The second-order valence-electron chi connectivity index (χ2n) is 4.87. The first-order valence-corrected chi connectivity index (χ1v) is 6.68. The molecule has 100 valence electrons. The molecule has 1 aliphatic heterocycles. The van der Waals surface area contributed by atoms with Crippen molar-refractivity contribution in [3.8, 4) is 0 Å². The Morgan fingerprint density at radius 3 is 3.06 bits per heavy atom. The summed E-state index contributed by atoms with van der Waals surface area (Å²) in [5, 5.41) is 0.0889. The van der Waals surface area contributed by atoms with E-state index in [2.05, 4.69) is 16.9 Å². The fourth-order valence-electron chi connectivity index (χ4n) is 2.44. The van der Waals surface area contributed by atoms with Gasteiger partial charge in [-0.3, -0.25) is 9.36 Å². The Hall–Kier alpha value is -1.07. The highest BCUT2D eigenvalue weighted by Crippen LogP contribution is 2.18. The summed E-state index contributed by atoms with van der Waals surface area (Å²) in [5.41, 5.74) is 5.38. The van der Waals surface area contributed by atoms with Gasteiger partial charge in [0.2, 0.25) is 0 Å². The van der Waals surface area contributed by atoms with Crippen LogP contribution in [0.15, 0.2) is 11.1 Å². The van der Waals surface area contributed by atoms with E-state index in [0.29, 0.717) is 12.6 Å². The summed E-state index contributed by atoms with van der Waals surface area (Å²) < 4.78 is 1.55. The van der Waals surface area contributed by atoms with Crippen molar-refractivity contribution >= 4 is 17.3 Å². The van der Waals surface area contributed by atoms with Crippen LogP contribution in [0, 0.1) is 0 Å². The van der Waals surface area contributed by atoms with Crippen molar-refractivity contribution in [1.29, 1.82) is 0 Å². The summed E-state index contributed by atoms with van der Waals surface area (Å²) in [6.07, 6.45) is 6.15. The first kappa shape index (κ1) is 13.4. The zero-order valence-electron chi connectivity index (χ0n) is 10.6. The second kappa shape index (κ2) is 5.71. The van der Waals surface area contributed by atoms with Crippen LogP contribution in [0.1, 0.15) is 25.7 Å². The van der Waals surface area contributed by atoms with Gasteiger partial charge in [-0.15, -0.1) is 0 Å². The lowest BCUT2D eigenvalue weighted by molar-refractivity contribution is 0.170. The highest BCUT2D eigenvalue weighted by Gasteiger charge is 2.18. The largest absolute Gasteiger partial charge is 0.392 e. The molecular weight excluding hydrogens is 252 g/mol. The van der Waals surface area contributed by atoms with Crippen LogP contribution in [0.25, 0.3) is 0 Å². The van der Waals surface area contributed by atoms with E-state index < -0.39 is 0 Å². The molecule has 2 heterocycles. The molecule has 1 aliphatic rings. The van der Waals surface area contributed by atoms with Crippen molar-refractivity contribution in [2.24, 2.45) is 0 Å². The maximum Gasteiger partial charge on any atom is 0.278 e. The van der Waals surface area contributed by atoms with Crippen LogP contribution < -0.4 is 11.3 Å². The number of nitrogens with two attached hydrogens (primary N) is 1. The van der Waals surface area contributed by atoms with Gasteiger partial charge >= 0.3 is 0 Å². The maximum atomic E-state index is 11.8. The van der Waals surface area contributed by atoms with E-state index in [4.69, 9.17) is 17.3 Å². The molecular formula is C12H19ClN4O. The number of aryl methyl sites for hydroxylation is 1. The summed E-state index contributed by atoms with van der Waals surface area (Å²) >= 11 is 5.70. The second-order valence-corrected chi connectivity index (χ2v) is 5.22. The van der Waals surface area contributed by atoms with Gasteiger partial charge in [0.15, 0.2) is 5.15 Å². The smallest absolute Gasteiger partial charge is 0.278 e. The Bertz CT molecular complexity index is 474. The monoisotopic (exact) mass is 270 g/mol. The molecule has 0 spiro atoms. The van der Waals surface area contributed by atoms with Crippen molar-refractivity contribution in [3.63, 3.8) is 0 Å². The van der Waals surface area contributed by atoms with Gasteiger partial charge in [-0.1, -0.05) is 18.0 Å². The van der Waals surface area contributed by atoms with E-state index in [1.165, 1.54) is 25.6 Å². The van der Waals surface area contributed by atoms with Gasteiger partial charge < -0.3 is 10.6 Å². The normalized spacial score (nSPS) is 21.1. The molecule has 18 heavy (non-hydrogen) atoms. The van der Waals surface area contributed by atoms with Crippen molar-refractivity contribution in [2.75, 3.05) is 19.3 Å². The summed E-state index contributed by atoms with van der Waals surface area (Å²) in [6, 6.07) is 0.544. The molecule has 0 radical (unpaired) electrons. The molecule has 0 aliphatic carbocycles. The summed E-state index contributed by atoms with van der Waals surface area (Å²) in [4.78, 5) is 18.1. The van der Waals surface area contributed by atoms with Crippen molar-refractivity contribution in [1.82, 2.24) is 14.5 Å². The minimum absolute atomic E-state index is 0.0381. The van der Waals surface area contributed by atoms with E-state index in [-0.39, 0.29) is 16.4 Å². The van der Waals surface area contributed by atoms with E-state index in [1.807, 2.05) is 0 Å². The third-order valence-electron chi connectivity index (χ3n) is 3.65. The van der Waals surface area contributed by atoms with Crippen LogP contribution in [0.2, 0.25) is 5.15 Å². The summed E-state index contributed by atoms with van der Waals surface area (Å²) in [5.74, 6) is 0. The summed E-state index contributed by atoms with van der Waals surface area (Å²) in [6.45, 7) is 1.78. The molecule has 0 saturated carbocycles. The molecule has 1 unspecified atom stereocenters. The zero-order chi connectivity index (χ0) is 13.1. The molecule has 5 nitrogen and oxygen atoms in total. The first-order valence-electron chi connectivity index (χ1n) is 6.30. The third-order valence-corrected chi connectivity index (χ3v) is 3.95. The number of piperidine rings is 1. The van der Waals surface area contributed by atoms with Gasteiger partial charge in [0, 0.05) is 12.6 Å². The van der Waals surface area contributed by atoms with E-state index in [9.17, 15) is 4.79 Å². The Morgan fingerprint density at radius 1 is 1.56 bits per heavy atom. The van der Waals surface area contributed by atoms with E-state index in [1.54, 1.807) is 4.57 Å². The molecule has 0 amide bonds. The Morgan fingerprint density at radius 2 is 2.33 bits per heavy atom. The fourth-order valence-corrected chi connectivity index (χ4v) is 2.57. The topological polar surface area (TPSA) is 64.2 Å². The van der Waals surface area contributed by atoms with Gasteiger partial charge in [-0.2, -0.15) is 0 Å². The molecule has 2 rings (SSSR count). The van der Waals surface area contributed by atoms with Gasteiger partial charge in [-0.05, 0) is 32.9 Å². The lowest BCUT2D eigenvalue weighted by Gasteiger charge is -2.32. The number of likely N-dealkylation sites (tertiary alicyclic amines) is 1. The molecule has 1 saturated heterocycles. The average Bonchev–Trinajstić information content (AvgIpc) is 2.37. The van der Waals surface area contributed by atoms with E-state index >= 15 is 0 Å². The van der Waals surface area contributed by atoms with E-state index in [0.717, 1.165) is 13.0 Å². The van der Waals surface area contributed by atoms with Gasteiger partial charge in [-0.25, -0.2) is 4.98 Å². The van der Waals surface area contributed by atoms with Crippen molar-refractivity contribution in [2.45, 2.75) is 38.3 Å². The number of hydrogen-bond donors (Lipinski definition) is 1. The van der Waals surface area contributed by atoms with Gasteiger partial charge in [0.25, 0.3) is 5.56 Å². The molecule has 1 atom stereocenters. The number of rotatable bonds is 3. The average molecular weight is 271 g/mol. The number of anilines is 1. The van der Waals surface area contributed by atoms with Gasteiger partial charge in [0.1, 0.15) is 5.69 Å². The number of nitrogens with zero attached hydrogens (tertiary/aromatic N) is 3. The minimum atomic E-state index is -0.242. The van der Waals surface area contributed by atoms with Crippen molar-refractivity contribution in [3.05, 3.63) is 21.8 Å². The standard InChI is InChI=1S/C12H19ClN4O/c1-16-6-3-2-4-9(16)5-7-17-8-15-11(13)10(14)12(17)18/h8-9H,2-7,14H2,1H3. The molecule has 6 heteroatoms. The lowest BCUT2D eigenvalue weighted by Crippen LogP contribution is -2.37. The molecule has 0 bridgehead atoms. The molecule has 1 aromatic rings. The number of halogens is 1. The molecule has 1 aromatic heterocycles.